The van der Waals surface area contributed by atoms with Crippen molar-refractivity contribution in [2.24, 2.45) is 0 Å². The number of aryl methyl sites for hydroxylation is 1. The lowest BCUT2D eigenvalue weighted by Crippen LogP contribution is -2.39. The lowest BCUT2D eigenvalue weighted by atomic mass is 9.91. The zero-order valence-corrected chi connectivity index (χ0v) is 13.6. The first-order valence-electron chi connectivity index (χ1n) is 8.56. The molecule has 0 radical (unpaired) electrons. The lowest BCUT2D eigenvalue weighted by Gasteiger charge is -2.23. The molecular weight excluding hydrogens is 306 g/mol. The molecule has 4 rings (SSSR count). The molecule has 0 bridgehead atoms. The summed E-state index contributed by atoms with van der Waals surface area (Å²) in [7, 11) is 0. The van der Waals surface area contributed by atoms with E-state index in [1.165, 1.54) is 30.8 Å². The van der Waals surface area contributed by atoms with Gasteiger partial charge in [-0.05, 0) is 44.8 Å². The molecule has 1 aliphatic carbocycles. The average molecular weight is 327 g/mol. The van der Waals surface area contributed by atoms with Gasteiger partial charge in [0.25, 0.3) is 5.91 Å². The van der Waals surface area contributed by atoms with Crippen LogP contribution in [-0.4, -0.2) is 45.3 Å². The van der Waals surface area contributed by atoms with Crippen LogP contribution in [0.3, 0.4) is 0 Å². The minimum atomic E-state index is -0.101. The Bertz CT molecular complexity index is 709. The van der Waals surface area contributed by atoms with E-state index in [4.69, 9.17) is 4.52 Å². The van der Waals surface area contributed by atoms with Crippen molar-refractivity contribution in [3.8, 4) is 0 Å². The first-order valence-corrected chi connectivity index (χ1v) is 8.56. The fourth-order valence-corrected chi connectivity index (χ4v) is 3.56. The van der Waals surface area contributed by atoms with Gasteiger partial charge in [0, 0.05) is 24.6 Å². The third kappa shape index (κ3) is 3.17. The van der Waals surface area contributed by atoms with Crippen molar-refractivity contribution in [2.45, 2.75) is 44.7 Å². The van der Waals surface area contributed by atoms with Crippen LogP contribution in [0.5, 0.6) is 0 Å². The molecule has 1 fully saturated rings. The topological polar surface area (TPSA) is 84.2 Å². The highest BCUT2D eigenvalue weighted by molar-refractivity contribution is 5.93. The number of hydrogen-bond donors (Lipinski definition) is 1. The van der Waals surface area contributed by atoms with E-state index in [0.717, 1.165) is 50.4 Å². The fraction of sp³-hybridized carbons (Fsp3) is 0.529. The molecule has 0 spiro atoms. The Balaban J connectivity index is 1.43. The van der Waals surface area contributed by atoms with Crippen LogP contribution < -0.4 is 5.32 Å². The Morgan fingerprint density at radius 3 is 3.00 bits per heavy atom. The van der Waals surface area contributed by atoms with Crippen molar-refractivity contribution in [2.75, 3.05) is 13.1 Å². The number of nitrogens with one attached hydrogen (secondary N) is 1. The van der Waals surface area contributed by atoms with Crippen molar-refractivity contribution >= 4 is 5.91 Å². The molecule has 7 heteroatoms. The molecule has 1 amide bonds. The van der Waals surface area contributed by atoms with Crippen molar-refractivity contribution in [1.29, 1.82) is 0 Å². The van der Waals surface area contributed by atoms with E-state index in [1.807, 2.05) is 0 Å². The van der Waals surface area contributed by atoms with Crippen LogP contribution in [0.25, 0.3) is 0 Å². The maximum absolute atomic E-state index is 12.3. The van der Waals surface area contributed by atoms with E-state index in [-0.39, 0.29) is 11.9 Å². The molecule has 1 N–H and O–H groups in total. The van der Waals surface area contributed by atoms with E-state index in [2.05, 4.69) is 25.6 Å². The molecule has 1 atom stereocenters. The highest BCUT2D eigenvalue weighted by Gasteiger charge is 2.28. The van der Waals surface area contributed by atoms with Crippen LogP contribution in [-0.2, 0) is 19.4 Å². The highest BCUT2D eigenvalue weighted by Crippen LogP contribution is 2.26. The Labute approximate surface area is 140 Å². The number of carbonyl (C=O) groups is 1. The molecule has 1 unspecified atom stereocenters. The molecule has 2 aromatic heterocycles. The van der Waals surface area contributed by atoms with Crippen LogP contribution in [0, 0.1) is 0 Å². The second-order valence-corrected chi connectivity index (χ2v) is 6.56. The Morgan fingerprint density at radius 2 is 2.21 bits per heavy atom. The number of carbonyl (C=O) groups excluding carboxylic acids is 1. The summed E-state index contributed by atoms with van der Waals surface area (Å²) in [5, 5.41) is 14.8. The number of hydrogen-bond acceptors (Lipinski definition) is 6. The van der Waals surface area contributed by atoms with Crippen LogP contribution in [0.2, 0.25) is 0 Å². The Morgan fingerprint density at radius 1 is 1.33 bits per heavy atom. The minimum Gasteiger partial charge on any atom is -0.361 e. The molecule has 24 heavy (non-hydrogen) atoms. The SMILES string of the molecule is O=C(NC1CCc2onc(CN3CCCC3)c2C1)c1ccnnc1. The molecule has 2 aliphatic rings. The zero-order chi connectivity index (χ0) is 16.4. The number of aromatic nitrogens is 3. The number of fused-ring (bicyclic) bond motifs is 1. The summed E-state index contributed by atoms with van der Waals surface area (Å²) < 4.78 is 5.53. The largest absolute Gasteiger partial charge is 0.361 e. The second kappa shape index (κ2) is 6.68. The quantitative estimate of drug-likeness (QED) is 0.912. The monoisotopic (exact) mass is 327 g/mol. The third-order valence-electron chi connectivity index (χ3n) is 4.88. The fourth-order valence-electron chi connectivity index (χ4n) is 3.56. The Hall–Kier alpha value is -2.28. The highest BCUT2D eigenvalue weighted by atomic mass is 16.5. The van der Waals surface area contributed by atoms with Crippen molar-refractivity contribution in [1.82, 2.24) is 25.6 Å². The molecule has 0 aromatic carbocycles. The van der Waals surface area contributed by atoms with E-state index >= 15 is 0 Å². The van der Waals surface area contributed by atoms with Gasteiger partial charge in [0.15, 0.2) is 0 Å². The zero-order valence-electron chi connectivity index (χ0n) is 13.6. The van der Waals surface area contributed by atoms with Crippen LogP contribution >= 0.6 is 0 Å². The van der Waals surface area contributed by atoms with Gasteiger partial charge in [0.1, 0.15) is 11.5 Å². The van der Waals surface area contributed by atoms with Gasteiger partial charge in [0.05, 0.1) is 18.0 Å². The molecule has 7 nitrogen and oxygen atoms in total. The van der Waals surface area contributed by atoms with Crippen LogP contribution in [0.4, 0.5) is 0 Å². The number of rotatable bonds is 4. The smallest absolute Gasteiger partial charge is 0.253 e. The molecule has 0 saturated carbocycles. The molecule has 126 valence electrons. The Kier molecular flexibility index (Phi) is 4.25. The van der Waals surface area contributed by atoms with E-state index < -0.39 is 0 Å². The molecule has 1 aliphatic heterocycles. The molecule has 3 heterocycles. The normalized spacial score (nSPS) is 20.8. The van der Waals surface area contributed by atoms with Gasteiger partial charge in [-0.3, -0.25) is 9.69 Å². The van der Waals surface area contributed by atoms with Crippen molar-refractivity contribution in [3.05, 3.63) is 41.0 Å². The third-order valence-corrected chi connectivity index (χ3v) is 4.88. The van der Waals surface area contributed by atoms with Gasteiger partial charge >= 0.3 is 0 Å². The molecule has 2 aromatic rings. The summed E-state index contributed by atoms with van der Waals surface area (Å²) in [5.41, 5.74) is 2.76. The predicted octanol–water partition coefficient (Wildman–Crippen LogP) is 1.35. The maximum atomic E-state index is 12.3. The molecular formula is C17H21N5O2. The summed E-state index contributed by atoms with van der Waals surface area (Å²) in [6, 6.07) is 1.78. The van der Waals surface area contributed by atoms with Crippen LogP contribution in [0.15, 0.2) is 23.0 Å². The van der Waals surface area contributed by atoms with Crippen LogP contribution in [0.1, 0.15) is 46.6 Å². The maximum Gasteiger partial charge on any atom is 0.253 e. The van der Waals surface area contributed by atoms with Crippen molar-refractivity contribution in [3.63, 3.8) is 0 Å². The summed E-state index contributed by atoms with van der Waals surface area (Å²) in [4.78, 5) is 14.7. The summed E-state index contributed by atoms with van der Waals surface area (Å²) in [5.74, 6) is 0.885. The predicted molar refractivity (Wildman–Crippen MR) is 86.3 cm³/mol. The summed E-state index contributed by atoms with van der Waals surface area (Å²) in [6.07, 6.45) is 8.02. The number of likely N-dealkylation sites (tertiary alicyclic amines) is 1. The summed E-state index contributed by atoms with van der Waals surface area (Å²) >= 11 is 0. The van der Waals surface area contributed by atoms with E-state index in [9.17, 15) is 4.79 Å². The van der Waals surface area contributed by atoms with Crippen molar-refractivity contribution < 1.29 is 9.32 Å². The first-order chi connectivity index (χ1) is 11.8. The standard InChI is InChI=1S/C17H21N5O2/c23-17(12-5-6-18-19-10-12)20-13-3-4-16-14(9-13)15(21-24-16)11-22-7-1-2-8-22/h5-6,10,13H,1-4,7-9,11H2,(H,20,23). The van der Waals surface area contributed by atoms with Gasteiger partial charge in [-0.25, -0.2) is 0 Å². The van der Waals surface area contributed by atoms with Gasteiger partial charge in [-0.2, -0.15) is 10.2 Å². The molecule has 1 saturated heterocycles. The van der Waals surface area contributed by atoms with Gasteiger partial charge < -0.3 is 9.84 Å². The average Bonchev–Trinajstić information content (AvgIpc) is 3.26. The first kappa shape index (κ1) is 15.3. The van der Waals surface area contributed by atoms with Gasteiger partial charge in [-0.15, -0.1) is 0 Å². The summed E-state index contributed by atoms with van der Waals surface area (Å²) in [6.45, 7) is 3.13. The van der Waals surface area contributed by atoms with E-state index in [0.29, 0.717) is 5.56 Å². The van der Waals surface area contributed by atoms with Gasteiger partial charge in [0.2, 0.25) is 0 Å². The van der Waals surface area contributed by atoms with Gasteiger partial charge in [-0.1, -0.05) is 5.16 Å². The lowest BCUT2D eigenvalue weighted by molar-refractivity contribution is 0.0932. The van der Waals surface area contributed by atoms with E-state index in [1.54, 1.807) is 6.07 Å². The minimum absolute atomic E-state index is 0.101. The number of nitrogens with zero attached hydrogens (tertiary/aromatic N) is 4. The number of amides is 1. The second-order valence-electron chi connectivity index (χ2n) is 6.56.